The predicted molar refractivity (Wildman–Crippen MR) is 75.4 cm³/mol. The maximum absolute atomic E-state index is 12.3. The molecule has 0 radical (unpaired) electrons. The Hall–Kier alpha value is -2.62. The van der Waals surface area contributed by atoms with E-state index in [2.05, 4.69) is 10.5 Å². The summed E-state index contributed by atoms with van der Waals surface area (Å²) in [6.45, 7) is 0. The summed E-state index contributed by atoms with van der Waals surface area (Å²) >= 11 is 0. The number of oxime groups is 1. The van der Waals surface area contributed by atoms with Crippen LogP contribution in [0.2, 0.25) is 0 Å². The summed E-state index contributed by atoms with van der Waals surface area (Å²) in [7, 11) is 0. The molecule has 2 aromatic rings. The van der Waals surface area contributed by atoms with Crippen LogP contribution >= 0.6 is 0 Å². The summed E-state index contributed by atoms with van der Waals surface area (Å²) in [6.07, 6.45) is 0.458. The molecule has 1 spiro atoms. The second-order valence-electron chi connectivity index (χ2n) is 5.00. The Morgan fingerprint density at radius 2 is 1.80 bits per heavy atom. The van der Waals surface area contributed by atoms with E-state index >= 15 is 0 Å². The summed E-state index contributed by atoms with van der Waals surface area (Å²) in [5.74, 6) is -0.145. The number of hydrogen-bond acceptors (Lipinski definition) is 3. The largest absolute Gasteiger partial charge is 0.373 e. The van der Waals surface area contributed by atoms with Gasteiger partial charge in [-0.2, -0.15) is 0 Å². The molecule has 2 heterocycles. The highest BCUT2D eigenvalue weighted by Gasteiger charge is 2.53. The van der Waals surface area contributed by atoms with Gasteiger partial charge in [0.05, 0.1) is 12.1 Å². The number of benzene rings is 2. The Labute approximate surface area is 116 Å². The molecule has 1 N–H and O–H groups in total. The fourth-order valence-electron chi connectivity index (χ4n) is 2.77. The molecule has 2 aliphatic heterocycles. The van der Waals surface area contributed by atoms with E-state index in [0.29, 0.717) is 6.42 Å². The Balaban J connectivity index is 1.74. The van der Waals surface area contributed by atoms with Gasteiger partial charge in [0.25, 0.3) is 5.91 Å². The van der Waals surface area contributed by atoms with Crippen molar-refractivity contribution in [2.75, 3.05) is 5.32 Å². The van der Waals surface area contributed by atoms with E-state index in [1.165, 1.54) is 0 Å². The molecule has 1 amide bonds. The average molecular weight is 264 g/mol. The number of anilines is 1. The number of para-hydroxylation sites is 1. The highest BCUT2D eigenvalue weighted by Crippen LogP contribution is 2.44. The van der Waals surface area contributed by atoms with Crippen molar-refractivity contribution >= 4 is 17.3 Å². The van der Waals surface area contributed by atoms with Gasteiger partial charge in [-0.25, -0.2) is 0 Å². The number of carbonyl (C=O) groups excluding carboxylic acids is 1. The summed E-state index contributed by atoms with van der Waals surface area (Å²) < 4.78 is 0. The van der Waals surface area contributed by atoms with Gasteiger partial charge in [-0.1, -0.05) is 53.7 Å². The molecular formula is C16H12N2O2. The molecular weight excluding hydrogens is 252 g/mol. The van der Waals surface area contributed by atoms with E-state index in [0.717, 1.165) is 22.5 Å². The maximum atomic E-state index is 12.3. The minimum Gasteiger partial charge on any atom is -0.373 e. The van der Waals surface area contributed by atoms with Crippen LogP contribution in [0.3, 0.4) is 0 Å². The van der Waals surface area contributed by atoms with Crippen molar-refractivity contribution < 1.29 is 9.63 Å². The molecule has 0 saturated carbocycles. The van der Waals surface area contributed by atoms with Gasteiger partial charge in [0.15, 0.2) is 0 Å². The molecule has 0 aliphatic carbocycles. The van der Waals surface area contributed by atoms with Gasteiger partial charge < -0.3 is 10.2 Å². The van der Waals surface area contributed by atoms with Gasteiger partial charge in [0.2, 0.25) is 5.60 Å². The van der Waals surface area contributed by atoms with Crippen LogP contribution in [0.1, 0.15) is 17.5 Å². The lowest BCUT2D eigenvalue weighted by molar-refractivity contribution is -0.137. The fraction of sp³-hybridized carbons (Fsp3) is 0.125. The van der Waals surface area contributed by atoms with Crippen molar-refractivity contribution in [1.82, 2.24) is 0 Å². The molecule has 4 rings (SSSR count). The zero-order chi connectivity index (χ0) is 13.6. The average Bonchev–Trinajstić information content (AvgIpc) is 3.05. The van der Waals surface area contributed by atoms with E-state index in [1.807, 2.05) is 54.6 Å². The number of nitrogens with one attached hydrogen (secondary N) is 1. The van der Waals surface area contributed by atoms with Gasteiger partial charge in [-0.05, 0) is 11.6 Å². The topological polar surface area (TPSA) is 50.7 Å². The number of fused-ring (bicyclic) bond motifs is 2. The Morgan fingerprint density at radius 3 is 2.65 bits per heavy atom. The molecule has 20 heavy (non-hydrogen) atoms. The van der Waals surface area contributed by atoms with Crippen molar-refractivity contribution in [1.29, 1.82) is 0 Å². The normalized spacial score (nSPS) is 23.2. The zero-order valence-electron chi connectivity index (χ0n) is 10.7. The SMILES string of the molecule is O=C1Nc2ccccc2[C@]12CC(c1ccccc1)=NO2. The number of carbonyl (C=O) groups is 1. The van der Waals surface area contributed by atoms with Crippen LogP contribution in [0.15, 0.2) is 59.8 Å². The molecule has 2 aromatic carbocycles. The first-order chi connectivity index (χ1) is 9.79. The lowest BCUT2D eigenvalue weighted by Gasteiger charge is -2.18. The Morgan fingerprint density at radius 1 is 1.05 bits per heavy atom. The van der Waals surface area contributed by atoms with Crippen molar-refractivity contribution in [2.45, 2.75) is 12.0 Å². The van der Waals surface area contributed by atoms with Crippen LogP contribution in [0.25, 0.3) is 0 Å². The van der Waals surface area contributed by atoms with E-state index in [1.54, 1.807) is 0 Å². The van der Waals surface area contributed by atoms with Crippen LogP contribution in [-0.4, -0.2) is 11.6 Å². The van der Waals surface area contributed by atoms with Crippen LogP contribution in [0.4, 0.5) is 5.69 Å². The van der Waals surface area contributed by atoms with Crippen LogP contribution in [0.5, 0.6) is 0 Å². The molecule has 0 aromatic heterocycles. The number of hydrogen-bond donors (Lipinski definition) is 1. The van der Waals surface area contributed by atoms with Crippen molar-refractivity contribution in [2.24, 2.45) is 5.16 Å². The second-order valence-corrected chi connectivity index (χ2v) is 5.00. The summed E-state index contributed by atoms with van der Waals surface area (Å²) in [4.78, 5) is 17.9. The number of amides is 1. The first kappa shape index (κ1) is 11.2. The maximum Gasteiger partial charge on any atom is 0.276 e. The smallest absolute Gasteiger partial charge is 0.276 e. The number of rotatable bonds is 1. The molecule has 98 valence electrons. The minimum atomic E-state index is -0.998. The quantitative estimate of drug-likeness (QED) is 0.860. The minimum absolute atomic E-state index is 0.145. The highest BCUT2D eigenvalue weighted by atomic mass is 16.7. The number of nitrogens with zero attached hydrogens (tertiary/aromatic N) is 1. The van der Waals surface area contributed by atoms with Crippen LogP contribution < -0.4 is 5.32 Å². The van der Waals surface area contributed by atoms with Crippen molar-refractivity contribution in [3.8, 4) is 0 Å². The van der Waals surface area contributed by atoms with E-state index in [9.17, 15) is 4.79 Å². The highest BCUT2D eigenvalue weighted by molar-refractivity contribution is 6.12. The molecule has 4 nitrogen and oxygen atoms in total. The zero-order valence-corrected chi connectivity index (χ0v) is 10.7. The molecule has 1 atom stereocenters. The lowest BCUT2D eigenvalue weighted by atomic mass is 9.88. The van der Waals surface area contributed by atoms with E-state index in [-0.39, 0.29) is 5.91 Å². The molecule has 4 heteroatoms. The third-order valence-electron chi connectivity index (χ3n) is 3.81. The van der Waals surface area contributed by atoms with Gasteiger partial charge in [0, 0.05) is 11.3 Å². The summed E-state index contributed by atoms with van der Waals surface area (Å²) in [6, 6.07) is 17.4. The van der Waals surface area contributed by atoms with Crippen molar-refractivity contribution in [3.63, 3.8) is 0 Å². The first-order valence-corrected chi connectivity index (χ1v) is 6.51. The molecule has 0 unspecified atom stereocenters. The Bertz CT molecular complexity index is 724. The van der Waals surface area contributed by atoms with Crippen LogP contribution in [0, 0.1) is 0 Å². The molecule has 2 aliphatic rings. The molecule has 0 saturated heterocycles. The Kier molecular flexibility index (Phi) is 2.21. The fourth-order valence-corrected chi connectivity index (χ4v) is 2.77. The second kappa shape index (κ2) is 3.93. The summed E-state index contributed by atoms with van der Waals surface area (Å²) in [5.41, 5.74) is 2.46. The third-order valence-corrected chi connectivity index (χ3v) is 3.81. The molecule has 0 bridgehead atoms. The van der Waals surface area contributed by atoms with Gasteiger partial charge >= 0.3 is 0 Å². The van der Waals surface area contributed by atoms with E-state index < -0.39 is 5.60 Å². The van der Waals surface area contributed by atoms with Crippen molar-refractivity contribution in [3.05, 3.63) is 65.7 Å². The third kappa shape index (κ3) is 1.42. The lowest BCUT2D eigenvalue weighted by Crippen LogP contribution is -2.34. The monoisotopic (exact) mass is 264 g/mol. The molecule has 0 fully saturated rings. The predicted octanol–water partition coefficient (Wildman–Crippen LogP) is 2.66. The van der Waals surface area contributed by atoms with E-state index in [4.69, 9.17) is 4.84 Å². The first-order valence-electron chi connectivity index (χ1n) is 6.51. The van der Waals surface area contributed by atoms with Gasteiger partial charge in [0.1, 0.15) is 0 Å². The van der Waals surface area contributed by atoms with Crippen LogP contribution in [-0.2, 0) is 15.2 Å². The summed E-state index contributed by atoms with van der Waals surface area (Å²) in [5, 5.41) is 7.01. The standard InChI is InChI=1S/C16H12N2O2/c19-15-16(12-8-4-5-9-13(12)17-15)10-14(18-20-16)11-6-2-1-3-7-11/h1-9H,10H2,(H,17,19)/t16-/m1/s1. The van der Waals surface area contributed by atoms with Gasteiger partial charge in [-0.3, -0.25) is 4.79 Å². The van der Waals surface area contributed by atoms with Gasteiger partial charge in [-0.15, -0.1) is 0 Å².